The van der Waals surface area contributed by atoms with E-state index in [1.54, 1.807) is 16.3 Å². The standard InChI is InChI=1S/C33H29N7O4S2/c1-22-9-11-24(12-10-22)28-18-27(29-8-5-17-45-29)37-39(28)31(41)21-46-33-36-35-30(38(33)20-23-6-3-2-4-7-23)19-34-32(42)25-13-15-26(16-14-25)40(43)44/h2-17,28H,18-21H2,1H3,(H,34,42). The molecule has 0 radical (unpaired) electrons. The Bertz CT molecular complexity index is 1870. The second-order valence-corrected chi connectivity index (χ2v) is 12.5. The Morgan fingerprint density at radius 1 is 1.00 bits per heavy atom. The molecule has 0 saturated carbocycles. The van der Waals surface area contributed by atoms with Crippen LogP contribution in [0.25, 0.3) is 0 Å². The van der Waals surface area contributed by atoms with Crippen LogP contribution in [0.5, 0.6) is 0 Å². The third-order valence-electron chi connectivity index (χ3n) is 7.48. The van der Waals surface area contributed by atoms with Gasteiger partial charge in [0.15, 0.2) is 11.0 Å². The Labute approximate surface area is 273 Å². The number of hydrogen-bond acceptors (Lipinski definition) is 9. The number of thioether (sulfide) groups is 1. The van der Waals surface area contributed by atoms with E-state index in [4.69, 9.17) is 5.10 Å². The van der Waals surface area contributed by atoms with Crippen molar-refractivity contribution in [1.82, 2.24) is 25.1 Å². The summed E-state index contributed by atoms with van der Waals surface area (Å²) < 4.78 is 1.88. The van der Waals surface area contributed by atoms with E-state index < -0.39 is 10.8 Å². The number of nitro benzene ring substituents is 1. The van der Waals surface area contributed by atoms with Gasteiger partial charge in [0.2, 0.25) is 0 Å². The minimum atomic E-state index is -0.515. The average Bonchev–Trinajstić information content (AvgIpc) is 3.84. The molecule has 1 atom stereocenters. The highest BCUT2D eigenvalue weighted by atomic mass is 32.2. The Hall–Kier alpha value is -5.14. The summed E-state index contributed by atoms with van der Waals surface area (Å²) in [4.78, 5) is 38.0. The van der Waals surface area contributed by atoms with Crippen LogP contribution < -0.4 is 5.32 Å². The fourth-order valence-electron chi connectivity index (χ4n) is 5.05. The molecule has 1 aliphatic heterocycles. The van der Waals surface area contributed by atoms with E-state index in [0.717, 1.165) is 27.3 Å². The number of carbonyl (C=O) groups excluding carboxylic acids is 2. The zero-order valence-electron chi connectivity index (χ0n) is 24.8. The Morgan fingerprint density at radius 3 is 2.46 bits per heavy atom. The van der Waals surface area contributed by atoms with Gasteiger partial charge >= 0.3 is 0 Å². The van der Waals surface area contributed by atoms with E-state index in [-0.39, 0.29) is 35.5 Å². The first-order chi connectivity index (χ1) is 22.4. The van der Waals surface area contributed by atoms with Crippen LogP contribution in [0.1, 0.15) is 50.2 Å². The van der Waals surface area contributed by atoms with Crippen molar-refractivity contribution in [2.75, 3.05) is 5.75 Å². The van der Waals surface area contributed by atoms with Crippen molar-refractivity contribution in [2.24, 2.45) is 5.10 Å². The Kier molecular flexibility index (Phi) is 9.31. The number of carbonyl (C=O) groups is 2. The second-order valence-electron chi connectivity index (χ2n) is 10.6. The molecule has 0 spiro atoms. The number of nitro groups is 1. The molecule has 2 amide bonds. The van der Waals surface area contributed by atoms with Crippen molar-refractivity contribution < 1.29 is 14.5 Å². The van der Waals surface area contributed by atoms with Crippen molar-refractivity contribution in [2.45, 2.75) is 37.6 Å². The number of nitrogens with one attached hydrogen (secondary N) is 1. The van der Waals surface area contributed by atoms with Crippen LogP contribution in [0.15, 0.2) is 107 Å². The molecule has 6 rings (SSSR count). The van der Waals surface area contributed by atoms with Crippen molar-refractivity contribution in [3.05, 3.63) is 139 Å². The van der Waals surface area contributed by atoms with Gasteiger partial charge in [-0.2, -0.15) is 5.10 Å². The number of hydrazone groups is 1. The molecule has 0 aliphatic carbocycles. The minimum Gasteiger partial charge on any atom is -0.345 e. The van der Waals surface area contributed by atoms with Crippen LogP contribution in [0.2, 0.25) is 0 Å². The van der Waals surface area contributed by atoms with Gasteiger partial charge in [-0.3, -0.25) is 19.7 Å². The van der Waals surface area contributed by atoms with E-state index >= 15 is 0 Å². The van der Waals surface area contributed by atoms with Gasteiger partial charge in [0.05, 0.1) is 40.4 Å². The third kappa shape index (κ3) is 7.05. The first-order valence-corrected chi connectivity index (χ1v) is 16.3. The van der Waals surface area contributed by atoms with E-state index in [0.29, 0.717) is 23.9 Å². The highest BCUT2D eigenvalue weighted by Gasteiger charge is 2.33. The van der Waals surface area contributed by atoms with Crippen LogP contribution in [0, 0.1) is 17.0 Å². The van der Waals surface area contributed by atoms with Crippen LogP contribution in [-0.4, -0.2) is 48.0 Å². The second kappa shape index (κ2) is 13.9. The van der Waals surface area contributed by atoms with Crippen LogP contribution in [-0.2, 0) is 17.9 Å². The highest BCUT2D eigenvalue weighted by Crippen LogP contribution is 2.35. The number of nitrogens with zero attached hydrogens (tertiary/aromatic N) is 6. The van der Waals surface area contributed by atoms with Gasteiger partial charge in [0, 0.05) is 24.1 Å². The predicted molar refractivity (Wildman–Crippen MR) is 177 cm³/mol. The quantitative estimate of drug-likeness (QED) is 0.105. The summed E-state index contributed by atoms with van der Waals surface area (Å²) in [7, 11) is 0. The van der Waals surface area contributed by atoms with Gasteiger partial charge in [-0.05, 0) is 41.6 Å². The molecule has 232 valence electrons. The lowest BCUT2D eigenvalue weighted by Crippen LogP contribution is -2.28. The molecule has 1 N–H and O–H groups in total. The van der Waals surface area contributed by atoms with Crippen molar-refractivity contribution in [3.63, 3.8) is 0 Å². The molecule has 3 aromatic carbocycles. The summed E-state index contributed by atoms with van der Waals surface area (Å²) in [6, 6.07) is 27.1. The van der Waals surface area contributed by atoms with Gasteiger partial charge in [-0.15, -0.1) is 21.5 Å². The Morgan fingerprint density at radius 2 is 1.76 bits per heavy atom. The summed E-state index contributed by atoms with van der Waals surface area (Å²) in [6.45, 7) is 2.54. The summed E-state index contributed by atoms with van der Waals surface area (Å²) >= 11 is 2.87. The SMILES string of the molecule is Cc1ccc(C2CC(c3cccs3)=NN2C(=O)CSc2nnc(CNC(=O)c3ccc([N+](=O)[O-])cc3)n2Cc2ccccc2)cc1. The number of rotatable bonds is 11. The van der Waals surface area contributed by atoms with Crippen molar-refractivity contribution in [1.29, 1.82) is 0 Å². The molecule has 1 unspecified atom stereocenters. The molecule has 11 nitrogen and oxygen atoms in total. The molecule has 3 heterocycles. The fourth-order valence-corrected chi connectivity index (χ4v) is 6.58. The van der Waals surface area contributed by atoms with Gasteiger partial charge in [-0.1, -0.05) is 78.0 Å². The van der Waals surface area contributed by atoms with Gasteiger partial charge in [0.25, 0.3) is 17.5 Å². The molecule has 13 heteroatoms. The fraction of sp³-hybridized carbons (Fsp3) is 0.182. The lowest BCUT2D eigenvalue weighted by molar-refractivity contribution is -0.384. The topological polar surface area (TPSA) is 136 Å². The maximum absolute atomic E-state index is 13.7. The monoisotopic (exact) mass is 651 g/mol. The smallest absolute Gasteiger partial charge is 0.269 e. The molecular formula is C33H29N7O4S2. The Balaban J connectivity index is 1.20. The number of aromatic nitrogens is 3. The number of non-ortho nitro benzene ring substituents is 1. The van der Waals surface area contributed by atoms with E-state index in [1.165, 1.54) is 36.0 Å². The number of thiophene rings is 1. The molecule has 0 fully saturated rings. The largest absolute Gasteiger partial charge is 0.345 e. The first kappa shape index (κ1) is 30.9. The summed E-state index contributed by atoms with van der Waals surface area (Å²) in [5.41, 5.74) is 4.25. The molecular weight excluding hydrogens is 623 g/mol. The highest BCUT2D eigenvalue weighted by molar-refractivity contribution is 7.99. The third-order valence-corrected chi connectivity index (χ3v) is 9.35. The van der Waals surface area contributed by atoms with Crippen molar-refractivity contribution in [3.8, 4) is 0 Å². The van der Waals surface area contributed by atoms with Gasteiger partial charge in [-0.25, -0.2) is 5.01 Å². The normalized spacial score (nSPS) is 14.2. The zero-order chi connectivity index (χ0) is 32.0. The van der Waals surface area contributed by atoms with Crippen LogP contribution in [0.4, 0.5) is 5.69 Å². The lowest BCUT2D eigenvalue weighted by atomic mass is 10.00. The first-order valence-electron chi connectivity index (χ1n) is 14.5. The molecule has 0 saturated heterocycles. The van der Waals surface area contributed by atoms with E-state index in [9.17, 15) is 19.7 Å². The molecule has 2 aromatic heterocycles. The average molecular weight is 652 g/mol. The zero-order valence-corrected chi connectivity index (χ0v) is 26.4. The summed E-state index contributed by atoms with van der Waals surface area (Å²) in [5.74, 6) is 0.0466. The maximum atomic E-state index is 13.7. The van der Waals surface area contributed by atoms with E-state index in [2.05, 4.69) is 15.5 Å². The van der Waals surface area contributed by atoms with Crippen molar-refractivity contribution >= 4 is 46.3 Å². The number of benzene rings is 3. The minimum absolute atomic E-state index is 0.0697. The van der Waals surface area contributed by atoms with Crippen LogP contribution >= 0.6 is 23.1 Å². The maximum Gasteiger partial charge on any atom is 0.269 e. The predicted octanol–water partition coefficient (Wildman–Crippen LogP) is 6.00. The number of amides is 2. The van der Waals surface area contributed by atoms with Gasteiger partial charge < -0.3 is 9.88 Å². The molecule has 1 aliphatic rings. The number of hydrogen-bond donors (Lipinski definition) is 1. The lowest BCUT2D eigenvalue weighted by Gasteiger charge is -2.22. The van der Waals surface area contributed by atoms with Crippen LogP contribution in [0.3, 0.4) is 0 Å². The van der Waals surface area contributed by atoms with Gasteiger partial charge in [0.1, 0.15) is 0 Å². The number of aryl methyl sites for hydroxylation is 1. The molecule has 5 aromatic rings. The molecule has 46 heavy (non-hydrogen) atoms. The summed E-state index contributed by atoms with van der Waals surface area (Å²) in [5, 5.41) is 31.4. The van der Waals surface area contributed by atoms with E-state index in [1.807, 2.05) is 83.6 Å². The summed E-state index contributed by atoms with van der Waals surface area (Å²) in [6.07, 6.45) is 0.628. The molecule has 0 bridgehead atoms.